The first-order chi connectivity index (χ1) is 15.1. The second-order valence-electron chi connectivity index (χ2n) is 7.36. The lowest BCUT2D eigenvalue weighted by Crippen LogP contribution is -2.33. The van der Waals surface area contributed by atoms with Gasteiger partial charge in [0.05, 0.1) is 11.3 Å². The molecule has 1 unspecified atom stereocenters. The number of ether oxygens (including phenoxy) is 1. The molecule has 31 heavy (non-hydrogen) atoms. The van der Waals surface area contributed by atoms with E-state index in [4.69, 9.17) is 4.74 Å². The summed E-state index contributed by atoms with van der Waals surface area (Å²) in [5.41, 5.74) is 3.11. The van der Waals surface area contributed by atoms with Crippen molar-refractivity contribution in [3.8, 4) is 5.75 Å². The van der Waals surface area contributed by atoms with Gasteiger partial charge in [0.1, 0.15) is 5.75 Å². The Labute approximate surface area is 183 Å². The largest absolute Gasteiger partial charge is 0.481 e. The summed E-state index contributed by atoms with van der Waals surface area (Å²) in [5, 5.41) is 5.79. The molecule has 0 spiro atoms. The molecule has 3 aromatic carbocycles. The molecule has 1 atom stereocenters. The van der Waals surface area contributed by atoms with Crippen molar-refractivity contribution in [2.75, 3.05) is 11.9 Å². The summed E-state index contributed by atoms with van der Waals surface area (Å²) in [4.78, 5) is 25.6. The molecule has 0 aliphatic carbocycles. The molecule has 0 aliphatic rings. The van der Waals surface area contributed by atoms with E-state index in [9.17, 15) is 9.59 Å². The first kappa shape index (κ1) is 22.1. The van der Waals surface area contributed by atoms with Crippen molar-refractivity contribution in [2.45, 2.75) is 32.8 Å². The van der Waals surface area contributed by atoms with Gasteiger partial charge in [-0.2, -0.15) is 0 Å². The van der Waals surface area contributed by atoms with E-state index in [0.717, 1.165) is 17.5 Å². The third kappa shape index (κ3) is 6.44. The normalized spacial score (nSPS) is 11.4. The number of benzene rings is 3. The summed E-state index contributed by atoms with van der Waals surface area (Å²) in [5.74, 6) is 0.141. The van der Waals surface area contributed by atoms with Crippen LogP contribution in [-0.2, 0) is 11.2 Å². The number of nitrogens with one attached hydrogen (secondary N) is 2. The van der Waals surface area contributed by atoms with Crippen LogP contribution in [0, 0.1) is 6.92 Å². The number of anilines is 1. The van der Waals surface area contributed by atoms with E-state index < -0.39 is 6.10 Å². The number of rotatable bonds is 9. The SMILES string of the molecule is CCC(Oc1cccc(C)c1)C(=O)Nc1ccccc1C(=O)NCCc1ccccc1. The van der Waals surface area contributed by atoms with Crippen LogP contribution in [0.5, 0.6) is 5.75 Å². The van der Waals surface area contributed by atoms with Crippen molar-refractivity contribution in [3.63, 3.8) is 0 Å². The van der Waals surface area contributed by atoms with Gasteiger partial charge in [-0.15, -0.1) is 0 Å². The van der Waals surface area contributed by atoms with Crippen LogP contribution in [0.4, 0.5) is 5.69 Å². The molecule has 0 bridgehead atoms. The van der Waals surface area contributed by atoms with Gasteiger partial charge in [0.25, 0.3) is 11.8 Å². The van der Waals surface area contributed by atoms with Crippen LogP contribution in [0.25, 0.3) is 0 Å². The minimum Gasteiger partial charge on any atom is -0.481 e. The van der Waals surface area contributed by atoms with E-state index in [-0.39, 0.29) is 11.8 Å². The van der Waals surface area contributed by atoms with Crippen LogP contribution in [0.3, 0.4) is 0 Å². The molecule has 0 aliphatic heterocycles. The Kier molecular flexibility index (Phi) is 7.82. The molecular formula is C26H28N2O3. The van der Waals surface area contributed by atoms with E-state index in [1.165, 1.54) is 0 Å². The lowest BCUT2D eigenvalue weighted by molar-refractivity contribution is -0.122. The summed E-state index contributed by atoms with van der Waals surface area (Å²) in [7, 11) is 0. The highest BCUT2D eigenvalue weighted by atomic mass is 16.5. The summed E-state index contributed by atoms with van der Waals surface area (Å²) in [6.07, 6.45) is 0.588. The van der Waals surface area contributed by atoms with Crippen LogP contribution >= 0.6 is 0 Å². The maximum Gasteiger partial charge on any atom is 0.265 e. The number of para-hydroxylation sites is 1. The Bertz CT molecular complexity index is 1020. The predicted octanol–water partition coefficient (Wildman–Crippen LogP) is 4.76. The van der Waals surface area contributed by atoms with Gasteiger partial charge in [0.15, 0.2) is 6.10 Å². The molecule has 0 fully saturated rings. The Morgan fingerprint density at radius 2 is 1.68 bits per heavy atom. The number of amides is 2. The highest BCUT2D eigenvalue weighted by Gasteiger charge is 2.21. The topological polar surface area (TPSA) is 67.4 Å². The Morgan fingerprint density at radius 1 is 0.935 bits per heavy atom. The summed E-state index contributed by atoms with van der Waals surface area (Å²) in [6, 6.07) is 24.6. The number of hydrogen-bond donors (Lipinski definition) is 2. The quantitative estimate of drug-likeness (QED) is 0.528. The molecule has 0 heterocycles. The second kappa shape index (κ2) is 11.0. The van der Waals surface area contributed by atoms with Crippen molar-refractivity contribution in [1.82, 2.24) is 5.32 Å². The zero-order valence-electron chi connectivity index (χ0n) is 17.9. The van der Waals surface area contributed by atoms with E-state index in [2.05, 4.69) is 10.6 Å². The van der Waals surface area contributed by atoms with Crippen LogP contribution in [0.1, 0.15) is 34.8 Å². The van der Waals surface area contributed by atoms with Crippen LogP contribution < -0.4 is 15.4 Å². The summed E-state index contributed by atoms with van der Waals surface area (Å²) < 4.78 is 5.88. The monoisotopic (exact) mass is 416 g/mol. The van der Waals surface area contributed by atoms with Gasteiger partial charge >= 0.3 is 0 Å². The van der Waals surface area contributed by atoms with E-state index in [0.29, 0.717) is 30.0 Å². The maximum absolute atomic E-state index is 12.8. The van der Waals surface area contributed by atoms with Crippen molar-refractivity contribution in [1.29, 1.82) is 0 Å². The standard InChI is InChI=1S/C26H28N2O3/c1-3-24(31-21-13-9-10-19(2)18-21)26(30)28-23-15-8-7-14-22(23)25(29)27-17-16-20-11-5-4-6-12-20/h4-15,18,24H,3,16-17H2,1-2H3,(H,27,29)(H,28,30). The number of carbonyl (C=O) groups excluding carboxylic acids is 2. The molecule has 160 valence electrons. The predicted molar refractivity (Wildman–Crippen MR) is 123 cm³/mol. The van der Waals surface area contributed by atoms with E-state index >= 15 is 0 Å². The lowest BCUT2D eigenvalue weighted by Gasteiger charge is -2.19. The number of hydrogen-bond acceptors (Lipinski definition) is 3. The molecule has 2 N–H and O–H groups in total. The third-order valence-electron chi connectivity index (χ3n) is 4.90. The maximum atomic E-state index is 12.8. The van der Waals surface area contributed by atoms with Crippen LogP contribution in [0.2, 0.25) is 0 Å². The molecule has 0 saturated carbocycles. The minimum absolute atomic E-state index is 0.223. The molecule has 5 nitrogen and oxygen atoms in total. The number of carbonyl (C=O) groups is 2. The number of aryl methyl sites for hydroxylation is 1. The van der Waals surface area contributed by atoms with Crippen molar-refractivity contribution >= 4 is 17.5 Å². The van der Waals surface area contributed by atoms with E-state index in [1.807, 2.05) is 68.4 Å². The minimum atomic E-state index is -0.656. The molecule has 3 rings (SSSR count). The fourth-order valence-corrected chi connectivity index (χ4v) is 3.24. The van der Waals surface area contributed by atoms with Gasteiger partial charge in [-0.05, 0) is 55.2 Å². The van der Waals surface area contributed by atoms with Gasteiger partial charge in [0, 0.05) is 6.54 Å². The van der Waals surface area contributed by atoms with Crippen LogP contribution in [-0.4, -0.2) is 24.5 Å². The first-order valence-corrected chi connectivity index (χ1v) is 10.5. The van der Waals surface area contributed by atoms with Crippen LogP contribution in [0.15, 0.2) is 78.9 Å². The third-order valence-corrected chi connectivity index (χ3v) is 4.90. The molecule has 5 heteroatoms. The fourth-order valence-electron chi connectivity index (χ4n) is 3.24. The molecule has 0 aromatic heterocycles. The van der Waals surface area contributed by atoms with Crippen molar-refractivity contribution in [2.24, 2.45) is 0 Å². The smallest absolute Gasteiger partial charge is 0.265 e. The Balaban J connectivity index is 1.63. The van der Waals surface area contributed by atoms with Crippen molar-refractivity contribution in [3.05, 3.63) is 95.6 Å². The zero-order chi connectivity index (χ0) is 22.1. The first-order valence-electron chi connectivity index (χ1n) is 10.5. The average molecular weight is 417 g/mol. The molecule has 3 aromatic rings. The van der Waals surface area contributed by atoms with E-state index in [1.54, 1.807) is 24.3 Å². The second-order valence-corrected chi connectivity index (χ2v) is 7.36. The lowest BCUT2D eigenvalue weighted by atomic mass is 10.1. The fraction of sp³-hybridized carbons (Fsp3) is 0.231. The van der Waals surface area contributed by atoms with Crippen molar-refractivity contribution < 1.29 is 14.3 Å². The Hall–Kier alpha value is -3.60. The van der Waals surface area contributed by atoms with Gasteiger partial charge in [-0.25, -0.2) is 0 Å². The molecule has 0 radical (unpaired) electrons. The van der Waals surface area contributed by atoms with Gasteiger partial charge in [-0.1, -0.05) is 61.5 Å². The molecular weight excluding hydrogens is 388 g/mol. The van der Waals surface area contributed by atoms with Gasteiger partial charge in [-0.3, -0.25) is 9.59 Å². The zero-order valence-corrected chi connectivity index (χ0v) is 17.9. The van der Waals surface area contributed by atoms with Gasteiger partial charge < -0.3 is 15.4 Å². The summed E-state index contributed by atoms with van der Waals surface area (Å²) >= 11 is 0. The summed E-state index contributed by atoms with van der Waals surface area (Å²) in [6.45, 7) is 4.38. The molecule has 0 saturated heterocycles. The van der Waals surface area contributed by atoms with Gasteiger partial charge in [0.2, 0.25) is 0 Å². The highest BCUT2D eigenvalue weighted by molar-refractivity contribution is 6.04. The highest BCUT2D eigenvalue weighted by Crippen LogP contribution is 2.19. The average Bonchev–Trinajstić information content (AvgIpc) is 2.78. The Morgan fingerprint density at radius 3 is 2.42 bits per heavy atom. The molecule has 2 amide bonds.